The predicted molar refractivity (Wildman–Crippen MR) is 141 cm³/mol. The molecule has 1 heteroatoms. The molecule has 0 atom stereocenters. The van der Waals surface area contributed by atoms with Gasteiger partial charge in [0, 0.05) is 0 Å². The van der Waals surface area contributed by atoms with E-state index < -0.39 is 0 Å². The van der Waals surface area contributed by atoms with E-state index in [2.05, 4.69) is 55.5 Å². The molecule has 0 unspecified atom stereocenters. The van der Waals surface area contributed by atoms with Crippen molar-refractivity contribution in [2.24, 2.45) is 11.8 Å². The summed E-state index contributed by atoms with van der Waals surface area (Å²) in [5.74, 6) is 3.35. The predicted octanol–water partition coefficient (Wildman–Crippen LogP) is 10.2. The van der Waals surface area contributed by atoms with E-state index in [0.29, 0.717) is 0 Å². The highest BCUT2D eigenvalue weighted by Gasteiger charge is 2.23. The Balaban J connectivity index is 1.26. The molecule has 2 saturated carbocycles. The lowest BCUT2D eigenvalue weighted by molar-refractivity contribution is 0.300. The van der Waals surface area contributed by atoms with Gasteiger partial charge in [0.05, 0.1) is 6.67 Å². The molecule has 0 bridgehead atoms. The zero-order chi connectivity index (χ0) is 22.9. The van der Waals surface area contributed by atoms with Crippen molar-refractivity contribution < 1.29 is 4.39 Å². The highest BCUT2D eigenvalue weighted by molar-refractivity contribution is 5.64. The summed E-state index contributed by atoms with van der Waals surface area (Å²) in [5.41, 5.74) is 5.77. The van der Waals surface area contributed by atoms with Crippen LogP contribution >= 0.6 is 0 Å². The largest absolute Gasteiger partial charge is 0.251 e. The fourth-order valence-corrected chi connectivity index (χ4v) is 6.58. The van der Waals surface area contributed by atoms with E-state index in [4.69, 9.17) is 0 Å². The average molecular weight is 449 g/mol. The summed E-state index contributed by atoms with van der Waals surface area (Å²) in [6.07, 6.45) is 18.0. The van der Waals surface area contributed by atoms with Gasteiger partial charge in [0.25, 0.3) is 0 Å². The van der Waals surface area contributed by atoms with Crippen LogP contribution in [0.5, 0.6) is 0 Å². The van der Waals surface area contributed by atoms with Crippen molar-refractivity contribution in [3.63, 3.8) is 0 Å². The van der Waals surface area contributed by atoms with E-state index in [1.807, 2.05) is 0 Å². The van der Waals surface area contributed by atoms with E-state index in [1.54, 1.807) is 5.56 Å². The molecule has 4 rings (SSSR count). The molecule has 2 aromatic rings. The maximum atomic E-state index is 12.3. The van der Waals surface area contributed by atoms with Crippen LogP contribution in [0.4, 0.5) is 4.39 Å². The van der Waals surface area contributed by atoms with Crippen molar-refractivity contribution in [1.29, 1.82) is 0 Å². The van der Waals surface area contributed by atoms with Gasteiger partial charge in [0.1, 0.15) is 0 Å². The lowest BCUT2D eigenvalue weighted by Crippen LogP contribution is -2.13. The average Bonchev–Trinajstić information content (AvgIpc) is 2.88. The summed E-state index contributed by atoms with van der Waals surface area (Å²) in [4.78, 5) is 0. The van der Waals surface area contributed by atoms with E-state index >= 15 is 0 Å². The van der Waals surface area contributed by atoms with Gasteiger partial charge in [-0.2, -0.15) is 0 Å². The van der Waals surface area contributed by atoms with Gasteiger partial charge in [0.15, 0.2) is 0 Å². The Morgan fingerprint density at radius 1 is 0.576 bits per heavy atom. The van der Waals surface area contributed by atoms with E-state index in [1.165, 1.54) is 93.7 Å². The fourth-order valence-electron chi connectivity index (χ4n) is 6.58. The minimum Gasteiger partial charge on any atom is -0.251 e. The van der Waals surface area contributed by atoms with E-state index in [9.17, 15) is 4.39 Å². The molecule has 2 fully saturated rings. The molecular weight excluding hydrogens is 403 g/mol. The molecule has 0 nitrogen and oxygen atoms in total. The maximum absolute atomic E-state index is 12.3. The Bertz CT molecular complexity index is 789. The number of halogens is 1. The van der Waals surface area contributed by atoms with Gasteiger partial charge in [0.2, 0.25) is 0 Å². The molecule has 0 spiro atoms. The summed E-state index contributed by atoms with van der Waals surface area (Å²) in [7, 11) is 0. The van der Waals surface area contributed by atoms with Crippen LogP contribution in [0.1, 0.15) is 120 Å². The van der Waals surface area contributed by atoms with Gasteiger partial charge in [-0.1, -0.05) is 87.6 Å². The first-order valence-electron chi connectivity index (χ1n) is 14.0. The van der Waals surface area contributed by atoms with Gasteiger partial charge in [-0.3, -0.25) is 4.39 Å². The third-order valence-electron chi connectivity index (χ3n) is 8.73. The summed E-state index contributed by atoms with van der Waals surface area (Å²) in [6.45, 7) is 2.18. The lowest BCUT2D eigenvalue weighted by atomic mass is 9.76. The Morgan fingerprint density at radius 3 is 1.45 bits per heavy atom. The Kier molecular flexibility index (Phi) is 9.45. The third-order valence-corrected chi connectivity index (χ3v) is 8.73. The minimum absolute atomic E-state index is 0.146. The first-order chi connectivity index (χ1) is 16.3. The highest BCUT2D eigenvalue weighted by Crippen LogP contribution is 2.39. The van der Waals surface area contributed by atoms with Crippen LogP contribution in [-0.4, -0.2) is 6.67 Å². The van der Waals surface area contributed by atoms with Crippen molar-refractivity contribution in [2.45, 2.75) is 109 Å². The second-order valence-electron chi connectivity index (χ2n) is 11.0. The molecule has 180 valence electrons. The standard InChI is InChI=1S/C32H45F/c1-2-6-25-8-12-27(13-9-25)29-16-20-31(21-17-29)32-22-18-30(19-23-32)28-14-10-26(11-15-28)7-4-3-5-24-33/h16-23,25-28H,2-15,24H2,1H3. The maximum Gasteiger partial charge on any atom is 0.0894 e. The minimum atomic E-state index is -0.146. The monoisotopic (exact) mass is 448 g/mol. The second kappa shape index (κ2) is 12.7. The van der Waals surface area contributed by atoms with Crippen molar-refractivity contribution in [3.05, 3.63) is 59.7 Å². The molecular formula is C32H45F. The quantitative estimate of drug-likeness (QED) is 0.317. The van der Waals surface area contributed by atoms with Gasteiger partial charge in [-0.15, -0.1) is 0 Å². The number of benzene rings is 2. The Labute approximate surface area is 202 Å². The van der Waals surface area contributed by atoms with E-state index in [-0.39, 0.29) is 6.67 Å². The van der Waals surface area contributed by atoms with Crippen LogP contribution in [0.3, 0.4) is 0 Å². The number of rotatable bonds is 10. The molecule has 33 heavy (non-hydrogen) atoms. The number of hydrogen-bond donors (Lipinski definition) is 0. The zero-order valence-electron chi connectivity index (χ0n) is 20.9. The highest BCUT2D eigenvalue weighted by atomic mass is 19.1. The summed E-state index contributed by atoms with van der Waals surface area (Å²) >= 11 is 0. The number of unbranched alkanes of at least 4 members (excludes halogenated alkanes) is 2. The molecule has 0 saturated heterocycles. The van der Waals surface area contributed by atoms with Gasteiger partial charge >= 0.3 is 0 Å². The molecule has 2 aliphatic rings. The van der Waals surface area contributed by atoms with Crippen LogP contribution in [-0.2, 0) is 0 Å². The van der Waals surface area contributed by atoms with Gasteiger partial charge in [-0.05, 0) is 104 Å². The molecule has 0 aromatic heterocycles. The van der Waals surface area contributed by atoms with Crippen molar-refractivity contribution in [2.75, 3.05) is 6.67 Å². The summed E-state index contributed by atoms with van der Waals surface area (Å²) in [5, 5.41) is 0. The smallest absolute Gasteiger partial charge is 0.0894 e. The Hall–Kier alpha value is -1.63. The molecule has 2 aromatic carbocycles. The fraction of sp³-hybridized carbons (Fsp3) is 0.625. The van der Waals surface area contributed by atoms with Crippen LogP contribution in [0, 0.1) is 11.8 Å². The van der Waals surface area contributed by atoms with Gasteiger partial charge < -0.3 is 0 Å². The molecule has 2 aliphatic carbocycles. The van der Waals surface area contributed by atoms with Crippen molar-refractivity contribution >= 4 is 0 Å². The van der Waals surface area contributed by atoms with Crippen molar-refractivity contribution in [1.82, 2.24) is 0 Å². The normalized spacial score (nSPS) is 25.8. The van der Waals surface area contributed by atoms with Crippen LogP contribution < -0.4 is 0 Å². The molecule has 0 amide bonds. The van der Waals surface area contributed by atoms with Gasteiger partial charge in [-0.25, -0.2) is 0 Å². The van der Waals surface area contributed by atoms with Crippen LogP contribution in [0.15, 0.2) is 48.5 Å². The number of alkyl halides is 1. The topological polar surface area (TPSA) is 0 Å². The Morgan fingerprint density at radius 2 is 1.03 bits per heavy atom. The van der Waals surface area contributed by atoms with Crippen LogP contribution in [0.25, 0.3) is 11.1 Å². The van der Waals surface area contributed by atoms with E-state index in [0.717, 1.165) is 36.5 Å². The zero-order valence-corrected chi connectivity index (χ0v) is 20.9. The summed E-state index contributed by atoms with van der Waals surface area (Å²) in [6, 6.07) is 18.9. The first kappa shape index (κ1) is 24.5. The molecule has 0 heterocycles. The second-order valence-corrected chi connectivity index (χ2v) is 11.0. The SMILES string of the molecule is CCCC1CCC(c2ccc(-c3ccc(C4CCC(CCCCCF)CC4)cc3)cc2)CC1. The lowest BCUT2D eigenvalue weighted by Gasteiger charge is -2.29. The van der Waals surface area contributed by atoms with Crippen molar-refractivity contribution in [3.8, 4) is 11.1 Å². The third kappa shape index (κ3) is 6.93. The first-order valence-corrected chi connectivity index (χ1v) is 14.0. The molecule has 0 aliphatic heterocycles. The number of hydrogen-bond acceptors (Lipinski definition) is 0. The summed E-state index contributed by atoms with van der Waals surface area (Å²) < 4.78 is 12.3. The van der Waals surface area contributed by atoms with Crippen LogP contribution in [0.2, 0.25) is 0 Å². The molecule has 0 N–H and O–H groups in total. The molecule has 0 radical (unpaired) electrons.